The van der Waals surface area contributed by atoms with E-state index >= 15 is 0 Å². The topological polar surface area (TPSA) is 35.2 Å². The molecule has 0 aromatic carbocycles. The van der Waals surface area contributed by atoms with E-state index in [-0.39, 0.29) is 11.0 Å². The van der Waals surface area contributed by atoms with E-state index in [4.69, 9.17) is 10.5 Å². The van der Waals surface area contributed by atoms with Gasteiger partial charge in [-0.1, -0.05) is 20.8 Å². The van der Waals surface area contributed by atoms with Gasteiger partial charge in [0.1, 0.15) is 0 Å². The molecule has 1 rings (SSSR count). The predicted molar refractivity (Wildman–Crippen MR) is 55.7 cm³/mol. The zero-order chi connectivity index (χ0) is 9.95. The van der Waals surface area contributed by atoms with Crippen LogP contribution in [0.1, 0.15) is 46.5 Å². The van der Waals surface area contributed by atoms with Crippen molar-refractivity contribution in [3.63, 3.8) is 0 Å². The summed E-state index contributed by atoms with van der Waals surface area (Å²) in [5.74, 6) is 0. The Balaban J connectivity index is 2.74. The highest BCUT2D eigenvalue weighted by atomic mass is 16.5. The summed E-state index contributed by atoms with van der Waals surface area (Å²) in [6, 6.07) is 0. The van der Waals surface area contributed by atoms with Crippen LogP contribution >= 0.6 is 0 Å². The fourth-order valence-electron chi connectivity index (χ4n) is 2.29. The third-order valence-corrected chi connectivity index (χ3v) is 4.15. The Bertz CT molecular complexity index is 157. The highest BCUT2D eigenvalue weighted by Gasteiger charge is 2.43. The largest absolute Gasteiger partial charge is 0.381 e. The smallest absolute Gasteiger partial charge is 0.0483 e. The summed E-state index contributed by atoms with van der Waals surface area (Å²) in [6.45, 7) is 8.48. The second-order valence-corrected chi connectivity index (χ2v) is 4.54. The molecular formula is C11H23NO. The molecule has 2 nitrogen and oxygen atoms in total. The van der Waals surface area contributed by atoms with Crippen LogP contribution in [0.5, 0.6) is 0 Å². The van der Waals surface area contributed by atoms with Crippen LogP contribution in [0.3, 0.4) is 0 Å². The lowest BCUT2D eigenvalue weighted by Gasteiger charge is -2.48. The van der Waals surface area contributed by atoms with Crippen LogP contribution < -0.4 is 5.73 Å². The fraction of sp³-hybridized carbons (Fsp3) is 1.00. The molecule has 1 fully saturated rings. The molecule has 0 aromatic rings. The van der Waals surface area contributed by atoms with E-state index in [1.165, 1.54) is 12.8 Å². The first kappa shape index (κ1) is 11.0. The average Bonchev–Trinajstić information content (AvgIpc) is 2.17. The van der Waals surface area contributed by atoms with Crippen LogP contribution in [-0.4, -0.2) is 18.8 Å². The van der Waals surface area contributed by atoms with Gasteiger partial charge in [0.15, 0.2) is 0 Å². The van der Waals surface area contributed by atoms with Crippen molar-refractivity contribution in [3.05, 3.63) is 0 Å². The molecule has 0 aromatic heterocycles. The maximum absolute atomic E-state index is 6.48. The van der Waals surface area contributed by atoms with Crippen molar-refractivity contribution in [2.24, 2.45) is 11.1 Å². The molecule has 78 valence electrons. The zero-order valence-electron chi connectivity index (χ0n) is 9.23. The molecule has 0 radical (unpaired) electrons. The second-order valence-electron chi connectivity index (χ2n) is 4.54. The lowest BCUT2D eigenvalue weighted by atomic mass is 9.64. The van der Waals surface area contributed by atoms with Crippen LogP contribution in [0.2, 0.25) is 0 Å². The Morgan fingerprint density at radius 3 is 2.08 bits per heavy atom. The van der Waals surface area contributed by atoms with Gasteiger partial charge in [-0.25, -0.2) is 0 Å². The Kier molecular flexibility index (Phi) is 3.36. The van der Waals surface area contributed by atoms with E-state index in [2.05, 4.69) is 20.8 Å². The summed E-state index contributed by atoms with van der Waals surface area (Å²) < 4.78 is 5.37. The molecule has 1 aliphatic rings. The van der Waals surface area contributed by atoms with E-state index < -0.39 is 0 Å². The standard InChI is InChI=1S/C11H23NO/c1-4-10(3,5-2)11(12)6-8-13-9-7-11/h4-9,12H2,1-3H3. The normalized spacial score (nSPS) is 23.1. The van der Waals surface area contributed by atoms with Crippen LogP contribution in [0, 0.1) is 5.41 Å². The van der Waals surface area contributed by atoms with E-state index in [0.29, 0.717) is 0 Å². The molecule has 1 saturated heterocycles. The molecule has 1 heterocycles. The zero-order valence-corrected chi connectivity index (χ0v) is 9.23. The van der Waals surface area contributed by atoms with Crippen molar-refractivity contribution in [2.75, 3.05) is 13.2 Å². The SMILES string of the molecule is CCC(C)(CC)C1(N)CCOCC1. The quantitative estimate of drug-likeness (QED) is 0.732. The number of ether oxygens (including phenoxy) is 1. The van der Waals surface area contributed by atoms with E-state index in [1.807, 2.05) is 0 Å². The first-order chi connectivity index (χ1) is 6.08. The summed E-state index contributed by atoms with van der Waals surface area (Å²) in [4.78, 5) is 0. The van der Waals surface area contributed by atoms with Gasteiger partial charge in [0.25, 0.3) is 0 Å². The third kappa shape index (κ3) is 1.89. The summed E-state index contributed by atoms with van der Waals surface area (Å²) >= 11 is 0. The van der Waals surface area contributed by atoms with Crippen molar-refractivity contribution >= 4 is 0 Å². The molecule has 0 aliphatic carbocycles. The van der Waals surface area contributed by atoms with Crippen molar-refractivity contribution in [1.29, 1.82) is 0 Å². The fourth-order valence-corrected chi connectivity index (χ4v) is 2.29. The van der Waals surface area contributed by atoms with Gasteiger partial charge in [-0.15, -0.1) is 0 Å². The van der Waals surface area contributed by atoms with Crippen LogP contribution in [-0.2, 0) is 4.74 Å². The molecule has 0 atom stereocenters. The van der Waals surface area contributed by atoms with Gasteiger partial charge in [0.2, 0.25) is 0 Å². The van der Waals surface area contributed by atoms with Crippen LogP contribution in [0.25, 0.3) is 0 Å². The molecule has 0 unspecified atom stereocenters. The van der Waals surface area contributed by atoms with Gasteiger partial charge in [0.05, 0.1) is 0 Å². The lowest BCUT2D eigenvalue weighted by molar-refractivity contribution is -0.00760. The molecule has 0 spiro atoms. The van der Waals surface area contributed by atoms with Crippen molar-refractivity contribution in [2.45, 2.75) is 52.0 Å². The Morgan fingerprint density at radius 1 is 1.23 bits per heavy atom. The lowest BCUT2D eigenvalue weighted by Crippen LogP contribution is -2.56. The summed E-state index contributed by atoms with van der Waals surface area (Å²) in [6.07, 6.45) is 4.37. The average molecular weight is 185 g/mol. The van der Waals surface area contributed by atoms with Gasteiger partial charge in [-0.05, 0) is 31.1 Å². The summed E-state index contributed by atoms with van der Waals surface area (Å²) in [5, 5.41) is 0. The van der Waals surface area contributed by atoms with Crippen molar-refractivity contribution < 1.29 is 4.74 Å². The van der Waals surface area contributed by atoms with Gasteiger partial charge >= 0.3 is 0 Å². The number of rotatable bonds is 3. The summed E-state index contributed by atoms with van der Waals surface area (Å²) in [5.41, 5.74) is 6.78. The van der Waals surface area contributed by atoms with Crippen LogP contribution in [0.4, 0.5) is 0 Å². The minimum absolute atomic E-state index is 0.00868. The van der Waals surface area contributed by atoms with E-state index in [0.717, 1.165) is 26.1 Å². The number of nitrogens with two attached hydrogens (primary N) is 1. The Labute approximate surface area is 81.8 Å². The molecule has 2 N–H and O–H groups in total. The van der Waals surface area contributed by atoms with Crippen molar-refractivity contribution in [1.82, 2.24) is 0 Å². The predicted octanol–water partition coefficient (Wildman–Crippen LogP) is 2.32. The van der Waals surface area contributed by atoms with Gasteiger partial charge in [-0.2, -0.15) is 0 Å². The maximum atomic E-state index is 6.48. The number of hydrogen-bond donors (Lipinski definition) is 1. The monoisotopic (exact) mass is 185 g/mol. The molecule has 0 saturated carbocycles. The molecule has 0 bridgehead atoms. The van der Waals surface area contributed by atoms with Gasteiger partial charge in [-0.3, -0.25) is 0 Å². The minimum Gasteiger partial charge on any atom is -0.381 e. The number of hydrogen-bond acceptors (Lipinski definition) is 2. The second kappa shape index (κ2) is 3.97. The molecule has 13 heavy (non-hydrogen) atoms. The molecule has 1 aliphatic heterocycles. The summed E-state index contributed by atoms with van der Waals surface area (Å²) in [7, 11) is 0. The maximum Gasteiger partial charge on any atom is 0.0483 e. The molecular weight excluding hydrogens is 162 g/mol. The first-order valence-electron chi connectivity index (χ1n) is 5.44. The highest BCUT2D eigenvalue weighted by molar-refractivity contribution is 4.99. The van der Waals surface area contributed by atoms with Crippen molar-refractivity contribution in [3.8, 4) is 0 Å². The molecule has 0 amide bonds. The minimum atomic E-state index is 0.00868. The first-order valence-corrected chi connectivity index (χ1v) is 5.44. The van der Waals surface area contributed by atoms with Gasteiger partial charge < -0.3 is 10.5 Å². The van der Waals surface area contributed by atoms with Crippen LogP contribution in [0.15, 0.2) is 0 Å². The molecule has 2 heteroatoms. The Hall–Kier alpha value is -0.0800. The third-order valence-electron chi connectivity index (χ3n) is 4.15. The highest BCUT2D eigenvalue weighted by Crippen LogP contribution is 2.41. The van der Waals surface area contributed by atoms with E-state index in [1.54, 1.807) is 0 Å². The van der Waals surface area contributed by atoms with E-state index in [9.17, 15) is 0 Å². The van der Waals surface area contributed by atoms with Gasteiger partial charge in [0, 0.05) is 18.8 Å². The Morgan fingerprint density at radius 2 is 1.69 bits per heavy atom.